The molecule has 2 aromatic rings. The summed E-state index contributed by atoms with van der Waals surface area (Å²) >= 11 is 2.23. The van der Waals surface area contributed by atoms with Gasteiger partial charge in [0.2, 0.25) is 5.91 Å². The maximum Gasteiger partial charge on any atom is 0.261 e. The van der Waals surface area contributed by atoms with Crippen LogP contribution < -0.4 is 14.8 Å². The van der Waals surface area contributed by atoms with Crippen LogP contribution in [0.2, 0.25) is 0 Å². The molecule has 7 heteroatoms. The highest BCUT2D eigenvalue weighted by atomic mass is 127. The molecule has 0 aliphatic heterocycles. The van der Waals surface area contributed by atoms with Crippen LogP contribution in [0.25, 0.3) is 0 Å². The minimum atomic E-state index is -0.554. The largest absolute Gasteiger partial charge is 0.497 e. The number of carbonyl (C=O) groups excluding carboxylic acids is 2. The Labute approximate surface area is 210 Å². The lowest BCUT2D eigenvalue weighted by Gasteiger charge is -2.32. The van der Waals surface area contributed by atoms with E-state index in [1.165, 1.54) is 6.42 Å². The standard InChI is InChI=1S/C26H33IN2O4/c1-3-24(26(31)28-21-7-5-4-6-8-21)29(17-19-9-13-22(32-2)14-10-19)25(30)18-33-23-15-11-20(27)12-16-23/h9-16,21,24H,3-8,17-18H2,1-2H3,(H,28,31)/t24-/m1/s1. The van der Waals surface area contributed by atoms with E-state index >= 15 is 0 Å². The molecular formula is C26H33IN2O4. The smallest absolute Gasteiger partial charge is 0.261 e. The second kappa shape index (κ2) is 12.8. The second-order valence-corrected chi connectivity index (χ2v) is 9.63. The van der Waals surface area contributed by atoms with Crippen LogP contribution in [0.15, 0.2) is 48.5 Å². The van der Waals surface area contributed by atoms with Crippen molar-refractivity contribution in [3.8, 4) is 11.5 Å². The zero-order valence-corrected chi connectivity index (χ0v) is 21.5. The molecule has 33 heavy (non-hydrogen) atoms. The van der Waals surface area contributed by atoms with Gasteiger partial charge in [0.15, 0.2) is 6.61 Å². The van der Waals surface area contributed by atoms with Gasteiger partial charge in [-0.3, -0.25) is 9.59 Å². The van der Waals surface area contributed by atoms with Gasteiger partial charge in [0.05, 0.1) is 7.11 Å². The van der Waals surface area contributed by atoms with Crippen LogP contribution in [0, 0.1) is 3.57 Å². The molecule has 1 atom stereocenters. The molecule has 2 aromatic carbocycles. The van der Waals surface area contributed by atoms with Crippen molar-refractivity contribution < 1.29 is 19.1 Å². The highest BCUT2D eigenvalue weighted by molar-refractivity contribution is 14.1. The molecule has 3 rings (SSSR count). The maximum absolute atomic E-state index is 13.3. The Bertz CT molecular complexity index is 896. The number of carbonyl (C=O) groups is 2. The molecule has 6 nitrogen and oxygen atoms in total. The van der Waals surface area contributed by atoms with Gasteiger partial charge < -0.3 is 19.7 Å². The van der Waals surface area contributed by atoms with Gasteiger partial charge in [0.1, 0.15) is 17.5 Å². The van der Waals surface area contributed by atoms with Crippen molar-refractivity contribution in [3.05, 3.63) is 57.7 Å². The minimum Gasteiger partial charge on any atom is -0.497 e. The van der Waals surface area contributed by atoms with E-state index in [2.05, 4.69) is 27.9 Å². The molecule has 1 N–H and O–H groups in total. The summed E-state index contributed by atoms with van der Waals surface area (Å²) in [4.78, 5) is 28.2. The summed E-state index contributed by atoms with van der Waals surface area (Å²) in [5.74, 6) is 1.09. The molecule has 0 heterocycles. The lowest BCUT2D eigenvalue weighted by Crippen LogP contribution is -2.52. The van der Waals surface area contributed by atoms with E-state index in [1.54, 1.807) is 12.0 Å². The van der Waals surface area contributed by atoms with E-state index in [-0.39, 0.29) is 24.5 Å². The SMILES string of the molecule is CC[C@H](C(=O)NC1CCCCC1)N(Cc1ccc(OC)cc1)C(=O)COc1ccc(I)cc1. The van der Waals surface area contributed by atoms with Gasteiger partial charge in [-0.15, -0.1) is 0 Å². The van der Waals surface area contributed by atoms with Crippen molar-refractivity contribution in [2.75, 3.05) is 13.7 Å². The van der Waals surface area contributed by atoms with Crippen LogP contribution in [0.5, 0.6) is 11.5 Å². The summed E-state index contributed by atoms with van der Waals surface area (Å²) in [5, 5.41) is 3.19. The van der Waals surface area contributed by atoms with E-state index in [4.69, 9.17) is 9.47 Å². The summed E-state index contributed by atoms with van der Waals surface area (Å²) in [7, 11) is 1.62. The van der Waals surface area contributed by atoms with E-state index in [0.717, 1.165) is 40.6 Å². The predicted molar refractivity (Wildman–Crippen MR) is 137 cm³/mol. The fourth-order valence-corrected chi connectivity index (χ4v) is 4.51. The van der Waals surface area contributed by atoms with Gasteiger partial charge in [-0.1, -0.05) is 38.3 Å². The Kier molecular flexibility index (Phi) is 9.84. The predicted octanol–water partition coefficient (Wildman–Crippen LogP) is 4.93. The van der Waals surface area contributed by atoms with Crippen molar-refractivity contribution in [2.45, 2.75) is 64.1 Å². The van der Waals surface area contributed by atoms with E-state index < -0.39 is 6.04 Å². The number of ether oxygens (including phenoxy) is 2. The number of nitrogens with zero attached hydrogens (tertiary/aromatic N) is 1. The van der Waals surface area contributed by atoms with Gasteiger partial charge in [-0.2, -0.15) is 0 Å². The second-order valence-electron chi connectivity index (χ2n) is 8.38. The number of benzene rings is 2. The van der Waals surface area contributed by atoms with Crippen LogP contribution >= 0.6 is 22.6 Å². The molecule has 0 bridgehead atoms. The summed E-state index contributed by atoms with van der Waals surface area (Å²) < 4.78 is 12.1. The molecule has 1 aliphatic rings. The number of hydrogen-bond donors (Lipinski definition) is 1. The van der Waals surface area contributed by atoms with E-state index in [1.807, 2.05) is 55.5 Å². The van der Waals surface area contributed by atoms with Gasteiger partial charge in [0, 0.05) is 16.2 Å². The maximum atomic E-state index is 13.3. The molecule has 1 saturated carbocycles. The van der Waals surface area contributed by atoms with E-state index in [0.29, 0.717) is 18.7 Å². The third-order valence-electron chi connectivity index (χ3n) is 6.03. The summed E-state index contributed by atoms with van der Waals surface area (Å²) in [6, 6.07) is 14.8. The Balaban J connectivity index is 1.74. The van der Waals surface area contributed by atoms with Crippen molar-refractivity contribution in [3.63, 3.8) is 0 Å². The first-order chi connectivity index (χ1) is 16.0. The first-order valence-electron chi connectivity index (χ1n) is 11.6. The quantitative estimate of drug-likeness (QED) is 0.416. The van der Waals surface area contributed by atoms with Crippen molar-refractivity contribution in [2.24, 2.45) is 0 Å². The Morgan fingerprint density at radius 3 is 2.27 bits per heavy atom. The first kappa shape index (κ1) is 25.3. The Morgan fingerprint density at radius 2 is 1.67 bits per heavy atom. The minimum absolute atomic E-state index is 0.0828. The number of halogens is 1. The summed E-state index contributed by atoms with van der Waals surface area (Å²) in [6.07, 6.45) is 6.04. The third-order valence-corrected chi connectivity index (χ3v) is 6.74. The fourth-order valence-electron chi connectivity index (χ4n) is 4.15. The van der Waals surface area contributed by atoms with E-state index in [9.17, 15) is 9.59 Å². The van der Waals surface area contributed by atoms with Crippen LogP contribution in [-0.2, 0) is 16.1 Å². The third kappa shape index (κ3) is 7.62. The van der Waals surface area contributed by atoms with Crippen molar-refractivity contribution in [1.29, 1.82) is 0 Å². The molecular weight excluding hydrogens is 531 g/mol. The van der Waals surface area contributed by atoms with Crippen molar-refractivity contribution in [1.82, 2.24) is 10.2 Å². The molecule has 0 spiro atoms. The average molecular weight is 564 g/mol. The number of methoxy groups -OCH3 is 1. The Morgan fingerprint density at radius 1 is 1.03 bits per heavy atom. The number of amides is 2. The number of rotatable bonds is 10. The van der Waals surface area contributed by atoms with Crippen LogP contribution in [0.3, 0.4) is 0 Å². The van der Waals surface area contributed by atoms with Gasteiger partial charge in [-0.25, -0.2) is 0 Å². The normalized spacial score (nSPS) is 14.9. The van der Waals surface area contributed by atoms with Gasteiger partial charge >= 0.3 is 0 Å². The fraction of sp³-hybridized carbons (Fsp3) is 0.462. The first-order valence-corrected chi connectivity index (χ1v) is 12.7. The molecule has 2 amide bonds. The highest BCUT2D eigenvalue weighted by Crippen LogP contribution is 2.20. The average Bonchev–Trinajstić information content (AvgIpc) is 2.84. The molecule has 0 radical (unpaired) electrons. The molecule has 1 fully saturated rings. The monoisotopic (exact) mass is 564 g/mol. The molecule has 0 saturated heterocycles. The van der Waals surface area contributed by atoms with Crippen molar-refractivity contribution >= 4 is 34.4 Å². The number of nitrogens with one attached hydrogen (secondary N) is 1. The topological polar surface area (TPSA) is 67.9 Å². The summed E-state index contributed by atoms with van der Waals surface area (Å²) in [5.41, 5.74) is 0.933. The Hall–Kier alpha value is -2.29. The zero-order valence-electron chi connectivity index (χ0n) is 19.4. The lowest BCUT2D eigenvalue weighted by molar-refractivity contribution is -0.143. The summed E-state index contributed by atoms with van der Waals surface area (Å²) in [6.45, 7) is 2.15. The molecule has 1 aliphatic carbocycles. The zero-order chi connectivity index (χ0) is 23.6. The molecule has 0 aromatic heterocycles. The van der Waals surface area contributed by atoms with Crippen LogP contribution in [0.1, 0.15) is 51.0 Å². The number of hydrogen-bond acceptors (Lipinski definition) is 4. The highest BCUT2D eigenvalue weighted by Gasteiger charge is 2.30. The van der Waals surface area contributed by atoms with Crippen LogP contribution in [-0.4, -0.2) is 42.5 Å². The lowest BCUT2D eigenvalue weighted by atomic mass is 9.95. The molecule has 0 unspecified atom stereocenters. The van der Waals surface area contributed by atoms with Gasteiger partial charge in [-0.05, 0) is 83.8 Å². The van der Waals surface area contributed by atoms with Gasteiger partial charge in [0.25, 0.3) is 5.91 Å². The molecule has 178 valence electrons. The van der Waals surface area contributed by atoms with Crippen LogP contribution in [0.4, 0.5) is 0 Å².